The van der Waals surface area contributed by atoms with Gasteiger partial charge in [0.2, 0.25) is 0 Å². The van der Waals surface area contributed by atoms with Gasteiger partial charge in [0.25, 0.3) is 0 Å². The molecule has 0 saturated heterocycles. The Morgan fingerprint density at radius 3 is 2.40 bits per heavy atom. The van der Waals surface area contributed by atoms with Crippen LogP contribution in [0.1, 0.15) is 30.5 Å². The number of benzene rings is 1. The molecule has 0 unspecified atom stereocenters. The number of hydrogen-bond acceptors (Lipinski definition) is 1. The highest BCUT2D eigenvalue weighted by Gasteiger charge is 2.05. The molecule has 0 heterocycles. The van der Waals surface area contributed by atoms with Crippen LogP contribution in [0.5, 0.6) is 0 Å². The second-order valence-electron chi connectivity index (χ2n) is 3.66. The van der Waals surface area contributed by atoms with Gasteiger partial charge in [0, 0.05) is 11.9 Å². The van der Waals surface area contributed by atoms with Crippen LogP contribution in [0.4, 0.5) is 0 Å². The van der Waals surface area contributed by atoms with Crippen molar-refractivity contribution in [1.29, 1.82) is 0 Å². The van der Waals surface area contributed by atoms with Crippen LogP contribution in [-0.2, 0) is 0 Å². The Kier molecular flexibility index (Phi) is 3.62. The molecule has 0 aliphatic rings. The highest BCUT2D eigenvalue weighted by Crippen LogP contribution is 2.20. The van der Waals surface area contributed by atoms with E-state index in [4.69, 9.17) is 0 Å². The molecule has 1 aromatic rings. The molecule has 0 aliphatic carbocycles. The molecule has 0 saturated carbocycles. The average molecular weight is 199 g/mol. The fourth-order valence-electron chi connectivity index (χ4n) is 1.70. The zero-order chi connectivity index (χ0) is 11.4. The summed E-state index contributed by atoms with van der Waals surface area (Å²) in [5.41, 5.74) is 5.67. The topological polar surface area (TPSA) is 12.4 Å². The maximum atomic E-state index is 4.21. The van der Waals surface area contributed by atoms with E-state index in [0.29, 0.717) is 0 Å². The van der Waals surface area contributed by atoms with Crippen LogP contribution in [0, 0.1) is 6.92 Å². The van der Waals surface area contributed by atoms with Gasteiger partial charge in [-0.15, -0.1) is 0 Å². The van der Waals surface area contributed by atoms with Crippen LogP contribution in [0.15, 0.2) is 42.5 Å². The van der Waals surface area contributed by atoms with Gasteiger partial charge in [0.15, 0.2) is 0 Å². The van der Waals surface area contributed by atoms with E-state index in [-0.39, 0.29) is 0 Å². The van der Waals surface area contributed by atoms with Crippen molar-refractivity contribution in [2.24, 2.45) is 4.99 Å². The zero-order valence-electron chi connectivity index (χ0n) is 9.67. The molecule has 0 aromatic heterocycles. The lowest BCUT2D eigenvalue weighted by Gasteiger charge is -2.10. The Bertz CT molecular complexity index is 425. The van der Waals surface area contributed by atoms with Gasteiger partial charge in [0.05, 0.1) is 0 Å². The molecular formula is C14H17N. The standard InChI is InChI=1S/C14H17N/c1-6-15-12(5)14-9-7-8-13(10(2)3)11(14)4/h6-9H,1-2H2,3-5H3/b15-12-. The lowest BCUT2D eigenvalue weighted by atomic mass is 9.96. The zero-order valence-corrected chi connectivity index (χ0v) is 9.67. The van der Waals surface area contributed by atoms with Crippen LogP contribution < -0.4 is 0 Å². The normalized spacial score (nSPS) is 11.3. The van der Waals surface area contributed by atoms with Gasteiger partial charge >= 0.3 is 0 Å². The van der Waals surface area contributed by atoms with Crippen molar-refractivity contribution in [1.82, 2.24) is 0 Å². The molecule has 15 heavy (non-hydrogen) atoms. The number of hydrogen-bond donors (Lipinski definition) is 0. The molecule has 0 N–H and O–H groups in total. The van der Waals surface area contributed by atoms with E-state index >= 15 is 0 Å². The van der Waals surface area contributed by atoms with Gasteiger partial charge in [-0.25, -0.2) is 0 Å². The maximum absolute atomic E-state index is 4.21. The van der Waals surface area contributed by atoms with Crippen molar-refractivity contribution in [3.63, 3.8) is 0 Å². The van der Waals surface area contributed by atoms with Gasteiger partial charge < -0.3 is 0 Å². The fraction of sp³-hybridized carbons (Fsp3) is 0.214. The van der Waals surface area contributed by atoms with E-state index in [1.54, 1.807) is 6.20 Å². The Morgan fingerprint density at radius 2 is 1.87 bits per heavy atom. The largest absolute Gasteiger partial charge is 0.262 e. The first-order valence-corrected chi connectivity index (χ1v) is 4.99. The van der Waals surface area contributed by atoms with Gasteiger partial charge in [-0.3, -0.25) is 4.99 Å². The quantitative estimate of drug-likeness (QED) is 0.653. The first-order valence-electron chi connectivity index (χ1n) is 4.99. The molecule has 1 heteroatoms. The van der Waals surface area contributed by atoms with E-state index < -0.39 is 0 Å². The predicted octanol–water partition coefficient (Wildman–Crippen LogP) is 3.98. The van der Waals surface area contributed by atoms with E-state index in [1.807, 2.05) is 19.9 Å². The molecular weight excluding hydrogens is 182 g/mol. The van der Waals surface area contributed by atoms with E-state index in [1.165, 1.54) is 11.1 Å². The maximum Gasteiger partial charge on any atom is 0.0447 e. The van der Waals surface area contributed by atoms with Crippen LogP contribution in [-0.4, -0.2) is 5.71 Å². The van der Waals surface area contributed by atoms with E-state index in [9.17, 15) is 0 Å². The SMILES string of the molecule is C=C/N=C(/C)c1cccc(C(=C)C)c1C. The molecule has 0 spiro atoms. The first-order chi connectivity index (χ1) is 7.07. The second-order valence-corrected chi connectivity index (χ2v) is 3.66. The number of nitrogens with zero attached hydrogens (tertiary/aromatic N) is 1. The summed E-state index contributed by atoms with van der Waals surface area (Å²) < 4.78 is 0. The third kappa shape index (κ3) is 2.44. The second kappa shape index (κ2) is 4.74. The highest BCUT2D eigenvalue weighted by atomic mass is 14.7. The van der Waals surface area contributed by atoms with Crippen molar-refractivity contribution < 1.29 is 0 Å². The van der Waals surface area contributed by atoms with Crippen LogP contribution in [0.2, 0.25) is 0 Å². The van der Waals surface area contributed by atoms with Gasteiger partial charge in [-0.05, 0) is 37.5 Å². The highest BCUT2D eigenvalue weighted by molar-refractivity contribution is 6.01. The van der Waals surface area contributed by atoms with E-state index in [0.717, 1.165) is 16.8 Å². The van der Waals surface area contributed by atoms with Crippen molar-refractivity contribution in [3.05, 3.63) is 54.2 Å². The van der Waals surface area contributed by atoms with Crippen molar-refractivity contribution in [2.45, 2.75) is 20.8 Å². The predicted molar refractivity (Wildman–Crippen MR) is 68.3 cm³/mol. The summed E-state index contributed by atoms with van der Waals surface area (Å²) in [4.78, 5) is 4.21. The van der Waals surface area contributed by atoms with Crippen LogP contribution in [0.25, 0.3) is 5.57 Å². The Labute approximate surface area is 91.9 Å². The van der Waals surface area contributed by atoms with E-state index in [2.05, 4.69) is 37.2 Å². The van der Waals surface area contributed by atoms with Crippen molar-refractivity contribution >= 4 is 11.3 Å². The lowest BCUT2D eigenvalue weighted by Crippen LogP contribution is -1.99. The summed E-state index contributed by atoms with van der Waals surface area (Å²) in [6.45, 7) is 13.7. The molecule has 1 aromatic carbocycles. The molecule has 0 bridgehead atoms. The summed E-state index contributed by atoms with van der Waals surface area (Å²) in [5, 5.41) is 0. The van der Waals surface area contributed by atoms with Crippen molar-refractivity contribution in [3.8, 4) is 0 Å². The summed E-state index contributed by atoms with van der Waals surface area (Å²) >= 11 is 0. The van der Waals surface area contributed by atoms with Gasteiger partial charge in [-0.2, -0.15) is 0 Å². The minimum Gasteiger partial charge on any atom is -0.262 e. The summed E-state index contributed by atoms with van der Waals surface area (Å²) in [5.74, 6) is 0. The smallest absolute Gasteiger partial charge is 0.0447 e. The molecule has 1 nitrogen and oxygen atoms in total. The summed E-state index contributed by atoms with van der Waals surface area (Å²) in [6, 6.07) is 6.20. The average Bonchev–Trinajstić information content (AvgIpc) is 2.17. The molecule has 0 radical (unpaired) electrons. The van der Waals surface area contributed by atoms with Crippen molar-refractivity contribution in [2.75, 3.05) is 0 Å². The number of aliphatic imine (C=N–C) groups is 1. The Morgan fingerprint density at radius 1 is 1.27 bits per heavy atom. The summed E-state index contributed by atoms with van der Waals surface area (Å²) in [6.07, 6.45) is 1.57. The number of allylic oxidation sites excluding steroid dienone is 1. The molecule has 0 amide bonds. The third-order valence-corrected chi connectivity index (χ3v) is 2.47. The Balaban J connectivity index is 3.33. The molecule has 78 valence electrons. The monoisotopic (exact) mass is 199 g/mol. The lowest BCUT2D eigenvalue weighted by molar-refractivity contribution is 1.37. The molecule has 1 rings (SSSR count). The minimum atomic E-state index is 0.991. The fourth-order valence-corrected chi connectivity index (χ4v) is 1.70. The molecule has 0 aliphatic heterocycles. The molecule has 0 fully saturated rings. The van der Waals surface area contributed by atoms with Gasteiger partial charge in [0.1, 0.15) is 0 Å². The minimum absolute atomic E-state index is 0.991. The number of rotatable bonds is 3. The third-order valence-electron chi connectivity index (χ3n) is 2.47. The van der Waals surface area contributed by atoms with Crippen LogP contribution in [0.3, 0.4) is 0 Å². The first kappa shape index (κ1) is 11.4. The van der Waals surface area contributed by atoms with Gasteiger partial charge in [-0.1, -0.05) is 36.9 Å². The Hall–Kier alpha value is -1.63. The summed E-state index contributed by atoms with van der Waals surface area (Å²) in [7, 11) is 0. The van der Waals surface area contributed by atoms with Crippen LogP contribution >= 0.6 is 0 Å². The molecule has 0 atom stereocenters.